The first kappa shape index (κ1) is 20.5. The first-order valence-corrected chi connectivity index (χ1v) is 10.2. The number of para-hydroxylation sites is 1. The molecule has 1 aliphatic carbocycles. The predicted molar refractivity (Wildman–Crippen MR) is 94.0 cm³/mol. The van der Waals surface area contributed by atoms with Crippen molar-refractivity contribution in [3.63, 3.8) is 0 Å². The lowest BCUT2D eigenvalue weighted by Crippen LogP contribution is -2.68. The molecule has 1 aliphatic rings. The van der Waals surface area contributed by atoms with E-state index in [2.05, 4.69) is 37.3 Å². The van der Waals surface area contributed by atoms with Gasteiger partial charge in [0.05, 0.1) is 23.6 Å². The van der Waals surface area contributed by atoms with Gasteiger partial charge in [0.25, 0.3) is 0 Å². The van der Waals surface area contributed by atoms with E-state index in [9.17, 15) is 0 Å². The highest BCUT2D eigenvalue weighted by molar-refractivity contribution is 5.86. The van der Waals surface area contributed by atoms with Gasteiger partial charge >= 0.3 is 11.3 Å². The van der Waals surface area contributed by atoms with E-state index in [1.54, 1.807) is 7.11 Å². The SMILES string of the molecule is CCCc1c2c([o+]c3ccccc13)-c1ccc(OC)cc1CC2.[O-][Cl+3]([O-])([O-])[O-]. The van der Waals surface area contributed by atoms with Crippen LogP contribution in [0.4, 0.5) is 0 Å². The molecule has 1 heterocycles. The van der Waals surface area contributed by atoms with Gasteiger partial charge in [-0.15, -0.1) is 10.2 Å². The minimum atomic E-state index is -4.94. The molecule has 3 aromatic rings. The molecule has 0 amide bonds. The van der Waals surface area contributed by atoms with Crippen molar-refractivity contribution in [3.8, 4) is 17.1 Å². The summed E-state index contributed by atoms with van der Waals surface area (Å²) in [6, 6.07) is 14.7. The number of benzene rings is 2. The number of rotatable bonds is 3. The maximum Gasteiger partial charge on any atom is 0.364 e. The van der Waals surface area contributed by atoms with Crippen molar-refractivity contribution < 1.29 is 38.0 Å². The second-order valence-electron chi connectivity index (χ2n) is 6.54. The van der Waals surface area contributed by atoms with Gasteiger partial charge in [0.2, 0.25) is 0 Å². The van der Waals surface area contributed by atoms with Crippen molar-refractivity contribution in [2.75, 3.05) is 7.11 Å². The topological polar surface area (TPSA) is 113 Å². The Labute approximate surface area is 165 Å². The van der Waals surface area contributed by atoms with Gasteiger partial charge in [-0.25, -0.2) is 23.1 Å². The van der Waals surface area contributed by atoms with E-state index in [4.69, 9.17) is 27.8 Å². The molecule has 0 spiro atoms. The molecule has 0 saturated heterocycles. The molecule has 1 aromatic heterocycles. The zero-order valence-corrected chi connectivity index (χ0v) is 16.5. The third-order valence-electron chi connectivity index (χ3n) is 4.76. The fourth-order valence-electron chi connectivity index (χ4n) is 3.68. The van der Waals surface area contributed by atoms with Gasteiger partial charge in [0.1, 0.15) is 5.75 Å². The third kappa shape index (κ3) is 4.60. The highest BCUT2D eigenvalue weighted by atomic mass is 35.7. The lowest BCUT2D eigenvalue weighted by atomic mass is 9.85. The third-order valence-corrected chi connectivity index (χ3v) is 4.76. The van der Waals surface area contributed by atoms with Crippen molar-refractivity contribution in [2.24, 2.45) is 0 Å². The molecule has 0 N–H and O–H groups in total. The molecule has 28 heavy (non-hydrogen) atoms. The van der Waals surface area contributed by atoms with Crippen LogP contribution in [0.15, 0.2) is 46.9 Å². The monoisotopic (exact) mass is 404 g/mol. The molecule has 0 bridgehead atoms. The van der Waals surface area contributed by atoms with E-state index in [0.29, 0.717) is 0 Å². The molecular formula is C21H21ClO6. The predicted octanol–water partition coefficient (Wildman–Crippen LogP) is 0.685. The van der Waals surface area contributed by atoms with Crippen molar-refractivity contribution in [1.29, 1.82) is 0 Å². The van der Waals surface area contributed by atoms with Crippen LogP contribution >= 0.6 is 0 Å². The molecule has 4 rings (SSSR count). The summed E-state index contributed by atoms with van der Waals surface area (Å²) in [5.41, 5.74) is 6.38. The summed E-state index contributed by atoms with van der Waals surface area (Å²) in [4.78, 5) is 0. The second-order valence-corrected chi connectivity index (χ2v) is 7.29. The molecule has 148 valence electrons. The lowest BCUT2D eigenvalue weighted by molar-refractivity contribution is -2.00. The van der Waals surface area contributed by atoms with E-state index in [0.717, 1.165) is 42.8 Å². The zero-order valence-electron chi connectivity index (χ0n) is 15.7. The van der Waals surface area contributed by atoms with Gasteiger partial charge in [-0.05, 0) is 54.7 Å². The molecule has 0 fully saturated rings. The standard InChI is InChI=1S/C21H21O2.ClHO4/c1-3-6-17-18-7-4-5-8-20(18)23-21-16-12-10-15(22-2)13-14(16)9-11-19(17)21;2-1(3,4)5/h4-5,7-8,10,12-13H,3,6,9,11H2,1-2H3;(H,2,3,4,5)/q+1;/p-1. The Hall–Kier alpha value is -2.22. The molecule has 0 radical (unpaired) electrons. The van der Waals surface area contributed by atoms with Crippen molar-refractivity contribution in [1.82, 2.24) is 0 Å². The van der Waals surface area contributed by atoms with Crippen LogP contribution in [0.1, 0.15) is 30.0 Å². The number of aryl methyl sites for hydroxylation is 2. The number of halogens is 1. The summed E-state index contributed by atoms with van der Waals surface area (Å²) in [6.07, 6.45) is 4.34. The quantitative estimate of drug-likeness (QED) is 0.593. The molecule has 2 aromatic carbocycles. The Morgan fingerprint density at radius 2 is 1.75 bits per heavy atom. The van der Waals surface area contributed by atoms with E-state index >= 15 is 0 Å². The Bertz CT molecular complexity index is 975. The molecule has 0 atom stereocenters. The number of ether oxygens (including phenoxy) is 1. The fraction of sp³-hybridized carbons (Fsp3) is 0.286. The second kappa shape index (κ2) is 8.43. The minimum absolute atomic E-state index is 0.918. The Morgan fingerprint density at radius 3 is 2.43 bits per heavy atom. The average Bonchev–Trinajstić information content (AvgIpc) is 2.66. The highest BCUT2D eigenvalue weighted by Crippen LogP contribution is 2.40. The maximum absolute atomic E-state index is 8.49. The van der Waals surface area contributed by atoms with Crippen molar-refractivity contribution in [2.45, 2.75) is 32.6 Å². The van der Waals surface area contributed by atoms with E-state index in [1.807, 2.05) is 12.1 Å². The molecule has 0 aliphatic heterocycles. The lowest BCUT2D eigenvalue weighted by Gasteiger charge is -2.17. The van der Waals surface area contributed by atoms with Crippen LogP contribution in [0.3, 0.4) is 0 Å². The van der Waals surface area contributed by atoms with Crippen LogP contribution in [-0.2, 0) is 19.3 Å². The van der Waals surface area contributed by atoms with Crippen LogP contribution < -0.4 is 23.4 Å². The first-order valence-electron chi connectivity index (χ1n) is 8.97. The Morgan fingerprint density at radius 1 is 1.04 bits per heavy atom. The number of hydrogen-bond acceptors (Lipinski definition) is 5. The van der Waals surface area contributed by atoms with Gasteiger partial charge in [-0.2, -0.15) is 0 Å². The van der Waals surface area contributed by atoms with E-state index in [1.165, 1.54) is 27.6 Å². The van der Waals surface area contributed by atoms with Crippen LogP contribution in [0.5, 0.6) is 5.75 Å². The van der Waals surface area contributed by atoms with Gasteiger partial charge in [-0.1, -0.05) is 25.5 Å². The van der Waals surface area contributed by atoms with Crippen molar-refractivity contribution in [3.05, 3.63) is 59.2 Å². The minimum Gasteiger partial charge on any atom is -0.497 e. The maximum atomic E-state index is 8.49. The number of methoxy groups -OCH3 is 1. The normalized spacial score (nSPS) is 12.6. The van der Waals surface area contributed by atoms with E-state index < -0.39 is 10.2 Å². The summed E-state index contributed by atoms with van der Waals surface area (Å²) in [5.74, 6) is 1.97. The molecular weight excluding hydrogens is 384 g/mol. The van der Waals surface area contributed by atoms with Gasteiger partial charge in [0, 0.05) is 6.07 Å². The number of fused-ring (bicyclic) bond motifs is 4. The molecule has 6 nitrogen and oxygen atoms in total. The van der Waals surface area contributed by atoms with Crippen molar-refractivity contribution >= 4 is 11.0 Å². The smallest absolute Gasteiger partial charge is 0.364 e. The zero-order chi connectivity index (χ0) is 20.3. The van der Waals surface area contributed by atoms with Crippen LogP contribution in [-0.4, -0.2) is 7.11 Å². The summed E-state index contributed by atoms with van der Waals surface area (Å²) in [7, 11) is -3.23. The number of hydrogen-bond donors (Lipinski definition) is 0. The van der Waals surface area contributed by atoms with Gasteiger partial charge in [0.15, 0.2) is 0 Å². The first-order chi connectivity index (χ1) is 13.3. The van der Waals surface area contributed by atoms with Crippen LogP contribution in [0.2, 0.25) is 0 Å². The van der Waals surface area contributed by atoms with Crippen LogP contribution in [0, 0.1) is 10.2 Å². The van der Waals surface area contributed by atoms with Crippen LogP contribution in [0.25, 0.3) is 22.3 Å². The Balaban J connectivity index is 0.000000403. The summed E-state index contributed by atoms with van der Waals surface area (Å²) in [5, 5.41) is 1.27. The van der Waals surface area contributed by atoms with E-state index in [-0.39, 0.29) is 0 Å². The average molecular weight is 405 g/mol. The molecule has 0 saturated carbocycles. The Kier molecular flexibility index (Phi) is 6.17. The molecule has 0 unspecified atom stereocenters. The highest BCUT2D eigenvalue weighted by Gasteiger charge is 2.31. The summed E-state index contributed by atoms with van der Waals surface area (Å²) < 4.78 is 45.7. The summed E-state index contributed by atoms with van der Waals surface area (Å²) in [6.45, 7) is 2.24. The largest absolute Gasteiger partial charge is 0.497 e. The fourth-order valence-corrected chi connectivity index (χ4v) is 3.68. The van der Waals surface area contributed by atoms with Gasteiger partial charge in [-0.3, -0.25) is 0 Å². The molecule has 7 heteroatoms. The van der Waals surface area contributed by atoms with Gasteiger partial charge < -0.3 is 4.74 Å². The summed E-state index contributed by atoms with van der Waals surface area (Å²) >= 11 is 0.